The van der Waals surface area contributed by atoms with Gasteiger partial charge < -0.3 is 0 Å². The second-order valence-corrected chi connectivity index (χ2v) is 5.31. The monoisotopic (exact) mass is 242 g/mol. The Labute approximate surface area is 108 Å². The van der Waals surface area contributed by atoms with Crippen molar-refractivity contribution in [1.29, 1.82) is 0 Å². The molecule has 0 saturated heterocycles. The van der Waals surface area contributed by atoms with Crippen LogP contribution in [0.25, 0.3) is 0 Å². The summed E-state index contributed by atoms with van der Waals surface area (Å²) in [5.41, 5.74) is 1.45. The summed E-state index contributed by atoms with van der Waals surface area (Å²) in [6, 6.07) is 19.4. The molecule has 0 radical (unpaired) electrons. The van der Waals surface area contributed by atoms with E-state index >= 15 is 0 Å². The lowest BCUT2D eigenvalue weighted by Gasteiger charge is -2.04. The molecule has 0 aliphatic rings. The van der Waals surface area contributed by atoms with Crippen LogP contribution in [-0.2, 0) is 6.42 Å². The van der Waals surface area contributed by atoms with Crippen molar-refractivity contribution >= 4 is 11.8 Å². The Hall–Kier alpha value is -1.21. The van der Waals surface area contributed by atoms with Crippen LogP contribution in [0.3, 0.4) is 0 Å². The Morgan fingerprint density at radius 2 is 1.65 bits per heavy atom. The molecule has 17 heavy (non-hydrogen) atoms. The molecule has 2 rings (SSSR count). The predicted molar refractivity (Wildman–Crippen MR) is 75.6 cm³/mol. The summed E-state index contributed by atoms with van der Waals surface area (Å²) in [5.74, 6) is 0. The van der Waals surface area contributed by atoms with Gasteiger partial charge in [0, 0.05) is 9.79 Å². The minimum atomic E-state index is 1.19. The molecular formula is C16H18S. The molecule has 2 aromatic carbocycles. The number of rotatable bonds is 5. The molecule has 0 bridgehead atoms. The summed E-state index contributed by atoms with van der Waals surface area (Å²) in [6.45, 7) is 2.24. The van der Waals surface area contributed by atoms with Crippen molar-refractivity contribution in [2.45, 2.75) is 36.0 Å². The number of benzene rings is 2. The third-order valence-electron chi connectivity index (χ3n) is 2.70. The van der Waals surface area contributed by atoms with Gasteiger partial charge in [-0.3, -0.25) is 0 Å². The van der Waals surface area contributed by atoms with Crippen LogP contribution < -0.4 is 0 Å². The average Bonchev–Trinajstić information content (AvgIpc) is 2.38. The fraction of sp³-hybridized carbons (Fsp3) is 0.250. The fourth-order valence-corrected chi connectivity index (χ4v) is 2.69. The number of aryl methyl sites for hydroxylation is 1. The Morgan fingerprint density at radius 1 is 0.882 bits per heavy atom. The van der Waals surface area contributed by atoms with Crippen LogP contribution in [0.15, 0.2) is 64.4 Å². The summed E-state index contributed by atoms with van der Waals surface area (Å²) < 4.78 is 0. The van der Waals surface area contributed by atoms with Crippen LogP contribution in [0.2, 0.25) is 0 Å². The number of hydrogen-bond acceptors (Lipinski definition) is 1. The molecule has 0 unspecified atom stereocenters. The molecule has 0 aliphatic heterocycles. The quantitative estimate of drug-likeness (QED) is 0.696. The Morgan fingerprint density at radius 3 is 2.41 bits per heavy atom. The first kappa shape index (κ1) is 12.3. The molecule has 1 heteroatoms. The largest absolute Gasteiger partial charge is 0.0901 e. The van der Waals surface area contributed by atoms with Crippen molar-refractivity contribution in [2.75, 3.05) is 0 Å². The molecule has 0 fully saturated rings. The van der Waals surface area contributed by atoms with Gasteiger partial charge in [-0.15, -0.1) is 0 Å². The number of hydrogen-bond donors (Lipinski definition) is 0. The molecular weight excluding hydrogens is 224 g/mol. The van der Waals surface area contributed by atoms with Crippen molar-refractivity contribution in [2.24, 2.45) is 0 Å². The van der Waals surface area contributed by atoms with E-state index in [1.165, 1.54) is 34.6 Å². The highest BCUT2D eigenvalue weighted by molar-refractivity contribution is 7.99. The SMILES string of the molecule is CCCCc1cccc(Sc2ccccc2)c1. The van der Waals surface area contributed by atoms with Crippen molar-refractivity contribution in [3.8, 4) is 0 Å². The first-order valence-corrected chi connectivity index (χ1v) is 7.02. The molecule has 0 aromatic heterocycles. The maximum atomic E-state index is 2.31. The molecule has 0 heterocycles. The van der Waals surface area contributed by atoms with Gasteiger partial charge in [0.1, 0.15) is 0 Å². The average molecular weight is 242 g/mol. The van der Waals surface area contributed by atoms with E-state index < -0.39 is 0 Å². The highest BCUT2D eigenvalue weighted by atomic mass is 32.2. The zero-order chi connectivity index (χ0) is 11.9. The van der Waals surface area contributed by atoms with Gasteiger partial charge in [-0.2, -0.15) is 0 Å². The van der Waals surface area contributed by atoms with Gasteiger partial charge in [-0.1, -0.05) is 55.4 Å². The summed E-state index contributed by atoms with van der Waals surface area (Å²) >= 11 is 1.84. The molecule has 0 N–H and O–H groups in total. The lowest BCUT2D eigenvalue weighted by atomic mass is 10.1. The van der Waals surface area contributed by atoms with E-state index in [0.717, 1.165) is 0 Å². The van der Waals surface area contributed by atoms with Crippen LogP contribution in [0, 0.1) is 0 Å². The summed E-state index contributed by atoms with van der Waals surface area (Å²) in [5, 5.41) is 0. The Bertz CT molecular complexity index is 448. The second kappa shape index (κ2) is 6.51. The maximum absolute atomic E-state index is 2.31. The van der Waals surface area contributed by atoms with Gasteiger partial charge >= 0.3 is 0 Å². The van der Waals surface area contributed by atoms with E-state index in [-0.39, 0.29) is 0 Å². The minimum absolute atomic E-state index is 1.19. The lowest BCUT2D eigenvalue weighted by molar-refractivity contribution is 0.793. The summed E-state index contributed by atoms with van der Waals surface area (Å²) in [4.78, 5) is 2.64. The smallest absolute Gasteiger partial charge is 0.0125 e. The zero-order valence-corrected chi connectivity index (χ0v) is 11.0. The van der Waals surface area contributed by atoms with Crippen LogP contribution in [0.4, 0.5) is 0 Å². The van der Waals surface area contributed by atoms with E-state index in [9.17, 15) is 0 Å². The zero-order valence-electron chi connectivity index (χ0n) is 10.2. The minimum Gasteiger partial charge on any atom is -0.0901 e. The van der Waals surface area contributed by atoms with Crippen molar-refractivity contribution in [3.05, 3.63) is 60.2 Å². The van der Waals surface area contributed by atoms with E-state index in [0.29, 0.717) is 0 Å². The van der Waals surface area contributed by atoms with Gasteiger partial charge in [0.25, 0.3) is 0 Å². The van der Waals surface area contributed by atoms with Crippen LogP contribution in [0.5, 0.6) is 0 Å². The van der Waals surface area contributed by atoms with Gasteiger partial charge in [0.15, 0.2) is 0 Å². The van der Waals surface area contributed by atoms with E-state index in [2.05, 4.69) is 61.5 Å². The normalized spacial score (nSPS) is 10.4. The third-order valence-corrected chi connectivity index (χ3v) is 3.69. The molecule has 0 nitrogen and oxygen atoms in total. The van der Waals surface area contributed by atoms with Crippen molar-refractivity contribution in [3.63, 3.8) is 0 Å². The van der Waals surface area contributed by atoms with Gasteiger partial charge in [-0.25, -0.2) is 0 Å². The highest BCUT2D eigenvalue weighted by Gasteiger charge is 1.98. The van der Waals surface area contributed by atoms with E-state index in [1.807, 2.05) is 11.8 Å². The molecule has 0 amide bonds. The van der Waals surface area contributed by atoms with E-state index in [4.69, 9.17) is 0 Å². The summed E-state index contributed by atoms with van der Waals surface area (Å²) in [6.07, 6.45) is 3.73. The molecule has 0 aliphatic carbocycles. The highest BCUT2D eigenvalue weighted by Crippen LogP contribution is 2.28. The first-order chi connectivity index (χ1) is 8.38. The standard InChI is InChI=1S/C16H18S/c1-2-3-8-14-9-7-12-16(13-14)17-15-10-5-4-6-11-15/h4-7,9-13H,2-3,8H2,1H3. The van der Waals surface area contributed by atoms with Crippen molar-refractivity contribution < 1.29 is 0 Å². The first-order valence-electron chi connectivity index (χ1n) is 6.20. The maximum Gasteiger partial charge on any atom is 0.0125 e. The molecule has 0 spiro atoms. The molecule has 0 saturated carbocycles. The van der Waals surface area contributed by atoms with Crippen LogP contribution in [0.1, 0.15) is 25.3 Å². The Balaban J connectivity index is 2.06. The molecule has 2 aromatic rings. The van der Waals surface area contributed by atoms with E-state index in [1.54, 1.807) is 0 Å². The Kier molecular flexibility index (Phi) is 4.69. The van der Waals surface area contributed by atoms with Gasteiger partial charge in [0.05, 0.1) is 0 Å². The van der Waals surface area contributed by atoms with Crippen molar-refractivity contribution in [1.82, 2.24) is 0 Å². The third kappa shape index (κ3) is 3.94. The lowest BCUT2D eigenvalue weighted by Crippen LogP contribution is -1.84. The molecule has 0 atom stereocenters. The summed E-state index contributed by atoms with van der Waals surface area (Å²) in [7, 11) is 0. The van der Waals surface area contributed by atoms with Gasteiger partial charge in [-0.05, 0) is 42.7 Å². The fourth-order valence-electron chi connectivity index (χ4n) is 1.77. The van der Waals surface area contributed by atoms with Gasteiger partial charge in [0.2, 0.25) is 0 Å². The topological polar surface area (TPSA) is 0 Å². The number of unbranched alkanes of at least 4 members (excludes halogenated alkanes) is 1. The van der Waals surface area contributed by atoms with Crippen LogP contribution >= 0.6 is 11.8 Å². The second-order valence-electron chi connectivity index (χ2n) is 4.17. The van der Waals surface area contributed by atoms with Crippen LogP contribution in [-0.4, -0.2) is 0 Å². The molecule has 88 valence electrons. The predicted octanol–water partition coefficient (Wildman–Crippen LogP) is 5.18.